The topological polar surface area (TPSA) is 9.23 Å². The zero-order chi connectivity index (χ0) is 13.2. The summed E-state index contributed by atoms with van der Waals surface area (Å²) in [7, 11) is 0. The van der Waals surface area contributed by atoms with Crippen molar-refractivity contribution in [3.05, 3.63) is 64.5 Å². The van der Waals surface area contributed by atoms with Gasteiger partial charge in [0.2, 0.25) is 0 Å². The third-order valence-electron chi connectivity index (χ3n) is 3.50. The van der Waals surface area contributed by atoms with Gasteiger partial charge >= 0.3 is 0 Å². The van der Waals surface area contributed by atoms with Crippen molar-refractivity contribution in [3.63, 3.8) is 0 Å². The SMILES string of the molecule is Cc1cccc(OCc2csc3ccccc23)c1C. The molecule has 0 aliphatic rings. The van der Waals surface area contributed by atoms with Gasteiger partial charge in [0.25, 0.3) is 0 Å². The van der Waals surface area contributed by atoms with E-state index in [4.69, 9.17) is 4.74 Å². The van der Waals surface area contributed by atoms with E-state index in [1.54, 1.807) is 11.3 Å². The largest absolute Gasteiger partial charge is 0.489 e. The normalized spacial score (nSPS) is 10.8. The van der Waals surface area contributed by atoms with Gasteiger partial charge in [-0.15, -0.1) is 11.3 Å². The standard InChI is InChI=1S/C17H16OS/c1-12-6-5-8-16(13(12)2)18-10-14-11-19-17-9-4-3-7-15(14)17/h3-9,11H,10H2,1-2H3. The summed E-state index contributed by atoms with van der Waals surface area (Å²) in [5.74, 6) is 0.982. The van der Waals surface area contributed by atoms with E-state index in [-0.39, 0.29) is 0 Å². The Labute approximate surface area is 117 Å². The molecule has 1 heterocycles. The van der Waals surface area contributed by atoms with Crippen molar-refractivity contribution in [3.8, 4) is 5.75 Å². The maximum atomic E-state index is 5.98. The van der Waals surface area contributed by atoms with E-state index in [0.29, 0.717) is 6.61 Å². The molecule has 0 spiro atoms. The van der Waals surface area contributed by atoms with Crippen molar-refractivity contribution in [1.82, 2.24) is 0 Å². The molecule has 0 saturated heterocycles. The lowest BCUT2D eigenvalue weighted by atomic mass is 10.1. The minimum Gasteiger partial charge on any atom is -0.489 e. The molecule has 0 N–H and O–H groups in total. The summed E-state index contributed by atoms with van der Waals surface area (Å²) in [5, 5.41) is 3.49. The van der Waals surface area contributed by atoms with Gasteiger partial charge in [0.05, 0.1) is 0 Å². The molecule has 0 radical (unpaired) electrons. The molecule has 0 unspecified atom stereocenters. The molecule has 0 bridgehead atoms. The molecule has 3 rings (SSSR count). The van der Waals surface area contributed by atoms with E-state index >= 15 is 0 Å². The van der Waals surface area contributed by atoms with Crippen LogP contribution in [0.5, 0.6) is 5.75 Å². The minimum atomic E-state index is 0.633. The Morgan fingerprint density at radius 3 is 2.74 bits per heavy atom. The molecule has 0 aliphatic carbocycles. The number of fused-ring (bicyclic) bond motifs is 1. The molecule has 0 atom stereocenters. The average Bonchev–Trinajstić information content (AvgIpc) is 2.84. The van der Waals surface area contributed by atoms with Crippen LogP contribution < -0.4 is 4.74 Å². The van der Waals surface area contributed by atoms with Crippen LogP contribution in [0.25, 0.3) is 10.1 Å². The van der Waals surface area contributed by atoms with Crippen molar-refractivity contribution < 1.29 is 4.74 Å². The summed E-state index contributed by atoms with van der Waals surface area (Å²) < 4.78 is 7.30. The Morgan fingerprint density at radius 2 is 1.84 bits per heavy atom. The molecule has 0 aliphatic heterocycles. The average molecular weight is 268 g/mol. The number of hydrogen-bond donors (Lipinski definition) is 0. The van der Waals surface area contributed by atoms with Gasteiger partial charge in [0, 0.05) is 10.3 Å². The van der Waals surface area contributed by atoms with E-state index in [2.05, 4.69) is 49.6 Å². The van der Waals surface area contributed by atoms with Crippen LogP contribution in [-0.4, -0.2) is 0 Å². The molecule has 1 nitrogen and oxygen atoms in total. The van der Waals surface area contributed by atoms with Crippen molar-refractivity contribution >= 4 is 21.4 Å². The lowest BCUT2D eigenvalue weighted by Crippen LogP contribution is -1.97. The first-order valence-electron chi connectivity index (χ1n) is 6.40. The molecule has 0 saturated carbocycles. The molecule has 0 fully saturated rings. The monoisotopic (exact) mass is 268 g/mol. The van der Waals surface area contributed by atoms with E-state index < -0.39 is 0 Å². The van der Waals surface area contributed by atoms with Gasteiger partial charge in [-0.05, 0) is 47.9 Å². The summed E-state index contributed by atoms with van der Waals surface area (Å²) in [6, 6.07) is 14.7. The minimum absolute atomic E-state index is 0.633. The second-order valence-electron chi connectivity index (χ2n) is 4.74. The first kappa shape index (κ1) is 12.2. The maximum absolute atomic E-state index is 5.98. The van der Waals surface area contributed by atoms with Crippen LogP contribution in [0.15, 0.2) is 47.8 Å². The highest BCUT2D eigenvalue weighted by molar-refractivity contribution is 7.17. The summed E-state index contributed by atoms with van der Waals surface area (Å²) in [5.41, 5.74) is 3.76. The van der Waals surface area contributed by atoms with Gasteiger partial charge < -0.3 is 4.74 Å². The van der Waals surface area contributed by atoms with Gasteiger partial charge in [-0.1, -0.05) is 30.3 Å². The van der Waals surface area contributed by atoms with E-state index in [9.17, 15) is 0 Å². The summed E-state index contributed by atoms with van der Waals surface area (Å²) in [6.07, 6.45) is 0. The fraction of sp³-hybridized carbons (Fsp3) is 0.176. The number of aryl methyl sites for hydroxylation is 1. The molecule has 2 aromatic carbocycles. The molecule has 2 heteroatoms. The van der Waals surface area contributed by atoms with Crippen LogP contribution in [0.3, 0.4) is 0 Å². The molecule has 1 aromatic heterocycles. The second-order valence-corrected chi connectivity index (χ2v) is 5.66. The number of thiophene rings is 1. The highest BCUT2D eigenvalue weighted by Gasteiger charge is 2.06. The van der Waals surface area contributed by atoms with Gasteiger partial charge in [-0.2, -0.15) is 0 Å². The quantitative estimate of drug-likeness (QED) is 0.642. The lowest BCUT2D eigenvalue weighted by molar-refractivity contribution is 0.305. The molecule has 3 aromatic rings. The van der Waals surface area contributed by atoms with Crippen LogP contribution in [0, 0.1) is 13.8 Å². The number of hydrogen-bond acceptors (Lipinski definition) is 2. The first-order valence-corrected chi connectivity index (χ1v) is 7.28. The Bertz CT molecular complexity index is 712. The Balaban J connectivity index is 1.84. The Hall–Kier alpha value is -1.80. The van der Waals surface area contributed by atoms with E-state index in [0.717, 1.165) is 5.75 Å². The predicted octanol–water partition coefficient (Wildman–Crippen LogP) is 5.10. The fourth-order valence-electron chi connectivity index (χ4n) is 2.18. The zero-order valence-corrected chi connectivity index (χ0v) is 12.0. The van der Waals surface area contributed by atoms with Crippen LogP contribution in [0.1, 0.15) is 16.7 Å². The van der Waals surface area contributed by atoms with Gasteiger partial charge in [0.1, 0.15) is 12.4 Å². The molecular formula is C17H16OS. The smallest absolute Gasteiger partial charge is 0.122 e. The molecule has 0 amide bonds. The van der Waals surface area contributed by atoms with Gasteiger partial charge in [-0.3, -0.25) is 0 Å². The Kier molecular flexibility index (Phi) is 3.26. The van der Waals surface area contributed by atoms with Crippen LogP contribution in [-0.2, 0) is 6.61 Å². The van der Waals surface area contributed by atoms with E-state index in [1.807, 2.05) is 12.1 Å². The van der Waals surface area contributed by atoms with Crippen molar-refractivity contribution in [2.75, 3.05) is 0 Å². The van der Waals surface area contributed by atoms with Crippen molar-refractivity contribution in [2.24, 2.45) is 0 Å². The summed E-state index contributed by atoms with van der Waals surface area (Å²) in [4.78, 5) is 0. The van der Waals surface area contributed by atoms with Crippen molar-refractivity contribution in [1.29, 1.82) is 0 Å². The summed E-state index contributed by atoms with van der Waals surface area (Å²) >= 11 is 1.78. The van der Waals surface area contributed by atoms with Gasteiger partial charge in [0.15, 0.2) is 0 Å². The third-order valence-corrected chi connectivity index (χ3v) is 4.51. The second kappa shape index (κ2) is 5.06. The third kappa shape index (κ3) is 2.36. The van der Waals surface area contributed by atoms with Crippen LogP contribution in [0.2, 0.25) is 0 Å². The van der Waals surface area contributed by atoms with Crippen LogP contribution >= 0.6 is 11.3 Å². The highest BCUT2D eigenvalue weighted by Crippen LogP contribution is 2.28. The van der Waals surface area contributed by atoms with E-state index in [1.165, 1.54) is 26.8 Å². The van der Waals surface area contributed by atoms with Gasteiger partial charge in [-0.25, -0.2) is 0 Å². The predicted molar refractivity (Wildman–Crippen MR) is 82.1 cm³/mol. The first-order chi connectivity index (χ1) is 9.25. The summed E-state index contributed by atoms with van der Waals surface area (Å²) in [6.45, 7) is 4.85. The Morgan fingerprint density at radius 1 is 1.00 bits per heavy atom. The maximum Gasteiger partial charge on any atom is 0.122 e. The number of rotatable bonds is 3. The van der Waals surface area contributed by atoms with Crippen molar-refractivity contribution in [2.45, 2.75) is 20.5 Å². The molecule has 96 valence electrons. The number of ether oxygens (including phenoxy) is 1. The highest BCUT2D eigenvalue weighted by atomic mass is 32.1. The molecule has 19 heavy (non-hydrogen) atoms. The zero-order valence-electron chi connectivity index (χ0n) is 11.1. The lowest BCUT2D eigenvalue weighted by Gasteiger charge is -2.10. The molecular weight excluding hydrogens is 252 g/mol. The van der Waals surface area contributed by atoms with Crippen LogP contribution in [0.4, 0.5) is 0 Å². The number of benzene rings is 2. The fourth-order valence-corrected chi connectivity index (χ4v) is 3.13.